The van der Waals surface area contributed by atoms with Gasteiger partial charge in [0.25, 0.3) is 0 Å². The summed E-state index contributed by atoms with van der Waals surface area (Å²) in [5.41, 5.74) is 0.852. The molecular formula is C15H17F2NO3. The van der Waals surface area contributed by atoms with Gasteiger partial charge in [0.1, 0.15) is 5.92 Å². The summed E-state index contributed by atoms with van der Waals surface area (Å²) in [6, 6.07) is 9.08. The first-order chi connectivity index (χ1) is 9.94. The maximum absolute atomic E-state index is 13.8. The molecule has 2 rings (SSSR count). The van der Waals surface area contributed by atoms with Crippen LogP contribution >= 0.6 is 0 Å². The molecule has 21 heavy (non-hydrogen) atoms. The van der Waals surface area contributed by atoms with E-state index in [1.54, 1.807) is 6.92 Å². The lowest BCUT2D eigenvalue weighted by molar-refractivity contribution is -0.170. The van der Waals surface area contributed by atoms with Crippen molar-refractivity contribution < 1.29 is 23.1 Å². The van der Waals surface area contributed by atoms with Crippen LogP contribution in [0.25, 0.3) is 0 Å². The predicted octanol–water partition coefficient (Wildman–Crippen LogP) is 1.89. The van der Waals surface area contributed by atoms with Crippen LogP contribution in [0.1, 0.15) is 12.5 Å². The van der Waals surface area contributed by atoms with Gasteiger partial charge >= 0.3 is 11.9 Å². The van der Waals surface area contributed by atoms with E-state index in [4.69, 9.17) is 4.74 Å². The molecule has 1 fully saturated rings. The predicted molar refractivity (Wildman–Crippen MR) is 71.8 cm³/mol. The van der Waals surface area contributed by atoms with Crippen molar-refractivity contribution in [1.82, 2.24) is 4.90 Å². The van der Waals surface area contributed by atoms with E-state index in [-0.39, 0.29) is 19.7 Å². The minimum atomic E-state index is -3.52. The average molecular weight is 297 g/mol. The molecule has 0 saturated carbocycles. The summed E-state index contributed by atoms with van der Waals surface area (Å²) in [6.45, 7) is 1.19. The number of carbonyl (C=O) groups excluding carboxylic acids is 2. The number of halogens is 2. The zero-order valence-corrected chi connectivity index (χ0v) is 11.7. The van der Waals surface area contributed by atoms with Crippen LogP contribution in [0.5, 0.6) is 0 Å². The first-order valence-electron chi connectivity index (χ1n) is 6.79. The molecule has 6 heteroatoms. The van der Waals surface area contributed by atoms with Gasteiger partial charge in [0.05, 0.1) is 13.2 Å². The second-order valence-corrected chi connectivity index (χ2v) is 5.03. The van der Waals surface area contributed by atoms with Gasteiger partial charge in [0, 0.05) is 13.1 Å². The summed E-state index contributed by atoms with van der Waals surface area (Å²) in [4.78, 5) is 24.8. The zero-order chi connectivity index (χ0) is 15.5. The molecular weight excluding hydrogens is 280 g/mol. The number of alkyl halides is 2. The highest BCUT2D eigenvalue weighted by molar-refractivity contribution is 6.03. The summed E-state index contributed by atoms with van der Waals surface area (Å²) in [5, 5.41) is 0. The van der Waals surface area contributed by atoms with Gasteiger partial charge in [0.2, 0.25) is 5.78 Å². The molecule has 1 aliphatic heterocycles. The minimum absolute atomic E-state index is 0.0395. The summed E-state index contributed by atoms with van der Waals surface area (Å²) in [7, 11) is 0. The Morgan fingerprint density at radius 1 is 1.38 bits per heavy atom. The van der Waals surface area contributed by atoms with E-state index in [1.165, 1.54) is 4.90 Å². The molecule has 0 bridgehead atoms. The monoisotopic (exact) mass is 297 g/mol. The third-order valence-electron chi connectivity index (χ3n) is 3.36. The molecule has 1 aliphatic rings. The first kappa shape index (κ1) is 15.6. The van der Waals surface area contributed by atoms with Crippen LogP contribution < -0.4 is 0 Å². The Kier molecular flexibility index (Phi) is 4.67. The van der Waals surface area contributed by atoms with Crippen molar-refractivity contribution in [2.45, 2.75) is 19.4 Å². The Hall–Kier alpha value is -1.82. The molecule has 1 heterocycles. The third kappa shape index (κ3) is 3.64. The van der Waals surface area contributed by atoms with Gasteiger partial charge in [0.15, 0.2) is 0 Å². The molecule has 1 atom stereocenters. The van der Waals surface area contributed by atoms with Crippen molar-refractivity contribution in [2.24, 2.45) is 5.92 Å². The van der Waals surface area contributed by atoms with E-state index in [2.05, 4.69) is 0 Å². The quantitative estimate of drug-likeness (QED) is 0.629. The summed E-state index contributed by atoms with van der Waals surface area (Å²) >= 11 is 0. The zero-order valence-electron chi connectivity index (χ0n) is 11.7. The number of hydrogen-bond acceptors (Lipinski definition) is 4. The maximum Gasteiger partial charge on any atom is 0.318 e. The fourth-order valence-corrected chi connectivity index (χ4v) is 2.41. The van der Waals surface area contributed by atoms with E-state index < -0.39 is 30.1 Å². The lowest BCUT2D eigenvalue weighted by Crippen LogP contribution is -2.56. The summed E-state index contributed by atoms with van der Waals surface area (Å²) in [5.74, 6) is -7.16. The fourth-order valence-electron chi connectivity index (χ4n) is 2.41. The lowest BCUT2D eigenvalue weighted by Gasteiger charge is -2.35. The van der Waals surface area contributed by atoms with Crippen molar-refractivity contribution in [2.75, 3.05) is 19.7 Å². The second kappa shape index (κ2) is 6.30. The number of rotatable bonds is 4. The van der Waals surface area contributed by atoms with Crippen molar-refractivity contribution >= 4 is 11.8 Å². The van der Waals surface area contributed by atoms with Gasteiger partial charge in [-0.2, -0.15) is 8.78 Å². The molecule has 0 radical (unpaired) electrons. The lowest BCUT2D eigenvalue weighted by atomic mass is 9.93. The van der Waals surface area contributed by atoms with Crippen molar-refractivity contribution in [3.8, 4) is 0 Å². The standard InChI is InChI=1S/C15H17F2NO3/c1-2-21-14(20)12-9-18(10-15(16,17)13(12)19)8-11-6-4-3-5-7-11/h3-7,12H,2,8-10H2,1H3/t12-/m1/s1. The molecule has 1 aromatic rings. The summed E-state index contributed by atoms with van der Waals surface area (Å²) < 4.78 is 32.3. The molecule has 0 spiro atoms. The largest absolute Gasteiger partial charge is 0.465 e. The van der Waals surface area contributed by atoms with Crippen LogP contribution in [0.3, 0.4) is 0 Å². The molecule has 0 aliphatic carbocycles. The Morgan fingerprint density at radius 2 is 2.05 bits per heavy atom. The molecule has 0 amide bonds. The van der Waals surface area contributed by atoms with Crippen LogP contribution in [-0.2, 0) is 20.9 Å². The van der Waals surface area contributed by atoms with Gasteiger partial charge in [-0.25, -0.2) is 0 Å². The van der Waals surface area contributed by atoms with E-state index in [0.29, 0.717) is 0 Å². The van der Waals surface area contributed by atoms with E-state index in [1.807, 2.05) is 30.3 Å². The van der Waals surface area contributed by atoms with Gasteiger partial charge < -0.3 is 4.74 Å². The fraction of sp³-hybridized carbons (Fsp3) is 0.467. The molecule has 0 N–H and O–H groups in total. The van der Waals surface area contributed by atoms with Crippen molar-refractivity contribution in [3.63, 3.8) is 0 Å². The molecule has 0 aromatic heterocycles. The van der Waals surface area contributed by atoms with Gasteiger partial charge in [-0.1, -0.05) is 30.3 Å². The number of piperidine rings is 1. The molecule has 4 nitrogen and oxygen atoms in total. The number of esters is 1. The van der Waals surface area contributed by atoms with Crippen molar-refractivity contribution in [1.29, 1.82) is 0 Å². The minimum Gasteiger partial charge on any atom is -0.465 e. The van der Waals surface area contributed by atoms with Gasteiger partial charge in [-0.3, -0.25) is 14.5 Å². The van der Waals surface area contributed by atoms with Crippen LogP contribution in [0, 0.1) is 5.92 Å². The number of carbonyl (C=O) groups is 2. The number of hydrogen-bond donors (Lipinski definition) is 0. The Morgan fingerprint density at radius 3 is 2.67 bits per heavy atom. The number of likely N-dealkylation sites (tertiary alicyclic amines) is 1. The number of nitrogens with zero attached hydrogens (tertiary/aromatic N) is 1. The Balaban J connectivity index is 2.13. The molecule has 114 valence electrons. The molecule has 0 unspecified atom stereocenters. The average Bonchev–Trinajstić information content (AvgIpc) is 2.43. The van der Waals surface area contributed by atoms with Crippen LogP contribution in [0.2, 0.25) is 0 Å². The number of Topliss-reactive ketones (excluding diaryl/α,β-unsaturated/α-hetero) is 1. The Labute approximate surface area is 121 Å². The SMILES string of the molecule is CCOC(=O)[C@@H]1CN(Cc2ccccc2)CC(F)(F)C1=O. The van der Waals surface area contributed by atoms with Gasteiger partial charge in [-0.05, 0) is 12.5 Å². The normalized spacial score (nSPS) is 22.0. The highest BCUT2D eigenvalue weighted by Gasteiger charge is 2.51. The third-order valence-corrected chi connectivity index (χ3v) is 3.36. The maximum atomic E-state index is 13.8. The van der Waals surface area contributed by atoms with Crippen LogP contribution in [0.15, 0.2) is 30.3 Å². The molecule has 1 saturated heterocycles. The topological polar surface area (TPSA) is 46.6 Å². The smallest absolute Gasteiger partial charge is 0.318 e. The van der Waals surface area contributed by atoms with Gasteiger partial charge in [-0.15, -0.1) is 0 Å². The second-order valence-electron chi connectivity index (χ2n) is 5.03. The van der Waals surface area contributed by atoms with E-state index in [0.717, 1.165) is 5.56 Å². The van der Waals surface area contributed by atoms with E-state index in [9.17, 15) is 18.4 Å². The van der Waals surface area contributed by atoms with Crippen LogP contribution in [-0.4, -0.2) is 42.3 Å². The number of ether oxygens (including phenoxy) is 1. The number of ketones is 1. The van der Waals surface area contributed by atoms with Crippen LogP contribution in [0.4, 0.5) is 8.78 Å². The molecule has 1 aromatic carbocycles. The highest BCUT2D eigenvalue weighted by Crippen LogP contribution is 2.28. The number of benzene rings is 1. The first-order valence-corrected chi connectivity index (χ1v) is 6.79. The highest BCUT2D eigenvalue weighted by atomic mass is 19.3. The Bertz CT molecular complexity index is 519. The van der Waals surface area contributed by atoms with Crippen molar-refractivity contribution in [3.05, 3.63) is 35.9 Å². The summed E-state index contributed by atoms with van der Waals surface area (Å²) in [6.07, 6.45) is 0. The van der Waals surface area contributed by atoms with E-state index >= 15 is 0 Å².